The Bertz CT molecular complexity index is 404. The van der Waals surface area contributed by atoms with Crippen LogP contribution < -0.4 is 16.6 Å². The molecule has 0 aromatic carbocycles. The van der Waals surface area contributed by atoms with Crippen molar-refractivity contribution in [1.29, 1.82) is 0 Å². The molecule has 0 radical (unpaired) electrons. The Balaban J connectivity index is 1.79. The predicted molar refractivity (Wildman–Crippen MR) is 67.8 cm³/mol. The van der Waals surface area contributed by atoms with Crippen LogP contribution in [0.3, 0.4) is 0 Å². The van der Waals surface area contributed by atoms with Crippen molar-refractivity contribution < 1.29 is 4.79 Å². The fourth-order valence-corrected chi connectivity index (χ4v) is 1.97. The van der Waals surface area contributed by atoms with Gasteiger partial charge in [-0.1, -0.05) is 0 Å². The van der Waals surface area contributed by atoms with Gasteiger partial charge in [0.1, 0.15) is 5.69 Å². The summed E-state index contributed by atoms with van der Waals surface area (Å²) >= 11 is 0. The Morgan fingerprint density at radius 3 is 2.89 bits per heavy atom. The summed E-state index contributed by atoms with van der Waals surface area (Å²) in [6.45, 7) is 3.76. The lowest BCUT2D eigenvalue weighted by Crippen LogP contribution is -2.34. The second kappa shape index (κ2) is 6.27. The molecular weight excluding hydrogens is 232 g/mol. The van der Waals surface area contributed by atoms with E-state index in [0.717, 1.165) is 19.6 Å². The van der Waals surface area contributed by atoms with Gasteiger partial charge in [-0.3, -0.25) is 9.78 Å². The second-order valence-electron chi connectivity index (χ2n) is 4.24. The van der Waals surface area contributed by atoms with Gasteiger partial charge in [0.25, 0.3) is 5.91 Å². The largest absolute Gasteiger partial charge is 0.349 e. The van der Waals surface area contributed by atoms with E-state index in [1.807, 2.05) is 0 Å². The van der Waals surface area contributed by atoms with Crippen molar-refractivity contribution >= 4 is 11.7 Å². The number of carbonyl (C=O) groups is 1. The highest BCUT2D eigenvalue weighted by atomic mass is 16.1. The van der Waals surface area contributed by atoms with Crippen molar-refractivity contribution in [2.75, 3.05) is 31.6 Å². The van der Waals surface area contributed by atoms with E-state index in [0.29, 0.717) is 12.4 Å². The molecule has 2 heterocycles. The Morgan fingerprint density at radius 2 is 2.17 bits per heavy atom. The second-order valence-corrected chi connectivity index (χ2v) is 4.24. The van der Waals surface area contributed by atoms with Crippen LogP contribution in [0, 0.1) is 0 Å². The van der Waals surface area contributed by atoms with Gasteiger partial charge < -0.3 is 15.6 Å². The summed E-state index contributed by atoms with van der Waals surface area (Å²) in [5.74, 6) is 5.36. The summed E-state index contributed by atoms with van der Waals surface area (Å²) in [6.07, 6.45) is 5.39. The predicted octanol–water partition coefficient (Wildman–Crippen LogP) is -0.412. The molecule has 2 rings (SSSR count). The maximum Gasteiger partial charge on any atom is 0.271 e. The molecule has 0 saturated carbocycles. The third kappa shape index (κ3) is 3.38. The molecule has 7 heteroatoms. The molecule has 7 nitrogen and oxygen atoms in total. The van der Waals surface area contributed by atoms with E-state index < -0.39 is 0 Å². The van der Waals surface area contributed by atoms with Crippen LogP contribution in [-0.2, 0) is 0 Å². The molecule has 1 fully saturated rings. The first-order valence-electron chi connectivity index (χ1n) is 6.09. The molecule has 1 saturated heterocycles. The lowest BCUT2D eigenvalue weighted by Gasteiger charge is -2.14. The number of amides is 1. The highest BCUT2D eigenvalue weighted by Gasteiger charge is 2.12. The van der Waals surface area contributed by atoms with Crippen molar-refractivity contribution in [1.82, 2.24) is 20.2 Å². The number of hydrogen-bond acceptors (Lipinski definition) is 6. The van der Waals surface area contributed by atoms with E-state index in [1.54, 1.807) is 0 Å². The van der Waals surface area contributed by atoms with Crippen LogP contribution in [0.5, 0.6) is 0 Å². The van der Waals surface area contributed by atoms with Crippen LogP contribution in [0.2, 0.25) is 0 Å². The van der Waals surface area contributed by atoms with Crippen molar-refractivity contribution in [3.63, 3.8) is 0 Å². The van der Waals surface area contributed by atoms with Crippen LogP contribution in [0.25, 0.3) is 0 Å². The highest BCUT2D eigenvalue weighted by Crippen LogP contribution is 2.05. The monoisotopic (exact) mass is 250 g/mol. The fraction of sp³-hybridized carbons (Fsp3) is 0.545. The third-order valence-electron chi connectivity index (χ3n) is 2.93. The van der Waals surface area contributed by atoms with Crippen LogP contribution in [0.15, 0.2) is 12.4 Å². The van der Waals surface area contributed by atoms with Gasteiger partial charge in [0, 0.05) is 13.1 Å². The molecule has 98 valence electrons. The smallest absolute Gasteiger partial charge is 0.271 e. The lowest BCUT2D eigenvalue weighted by molar-refractivity contribution is 0.0944. The molecule has 0 unspecified atom stereocenters. The molecule has 0 atom stereocenters. The van der Waals surface area contributed by atoms with Gasteiger partial charge in [-0.15, -0.1) is 0 Å². The number of likely N-dealkylation sites (tertiary alicyclic amines) is 1. The van der Waals surface area contributed by atoms with Crippen LogP contribution in [0.1, 0.15) is 23.3 Å². The quantitative estimate of drug-likeness (QED) is 0.485. The Morgan fingerprint density at radius 1 is 1.39 bits per heavy atom. The first kappa shape index (κ1) is 12.7. The molecule has 0 aliphatic carbocycles. The van der Waals surface area contributed by atoms with Gasteiger partial charge >= 0.3 is 0 Å². The third-order valence-corrected chi connectivity index (χ3v) is 2.93. The molecule has 1 aliphatic heterocycles. The summed E-state index contributed by atoms with van der Waals surface area (Å²) in [7, 11) is 0. The summed E-state index contributed by atoms with van der Waals surface area (Å²) in [5, 5.41) is 2.83. The number of aromatic nitrogens is 2. The van der Waals surface area contributed by atoms with Gasteiger partial charge in [-0.25, -0.2) is 10.8 Å². The highest BCUT2D eigenvalue weighted by molar-refractivity contribution is 5.92. The average molecular weight is 250 g/mol. The molecule has 18 heavy (non-hydrogen) atoms. The summed E-state index contributed by atoms with van der Waals surface area (Å²) in [4.78, 5) is 22.0. The van der Waals surface area contributed by atoms with Gasteiger partial charge in [0.2, 0.25) is 0 Å². The minimum atomic E-state index is -0.223. The number of nitrogen functional groups attached to an aromatic ring is 1. The molecule has 0 spiro atoms. The minimum Gasteiger partial charge on any atom is -0.349 e. The topological polar surface area (TPSA) is 96.2 Å². The van der Waals surface area contributed by atoms with E-state index in [-0.39, 0.29) is 11.6 Å². The zero-order valence-corrected chi connectivity index (χ0v) is 10.2. The normalized spacial score (nSPS) is 15.6. The van der Waals surface area contributed by atoms with Gasteiger partial charge in [-0.05, 0) is 25.9 Å². The van der Waals surface area contributed by atoms with Crippen molar-refractivity contribution in [2.45, 2.75) is 12.8 Å². The fourth-order valence-electron chi connectivity index (χ4n) is 1.97. The number of hydrazine groups is 1. The van der Waals surface area contributed by atoms with Crippen LogP contribution in [0.4, 0.5) is 5.82 Å². The standard InChI is InChI=1S/C11H18N6O/c12-16-10-8-13-7-9(15-10)11(18)14-3-6-17-4-1-2-5-17/h7-8H,1-6,12H2,(H,14,18)(H,15,16). The molecule has 1 aromatic rings. The first-order chi connectivity index (χ1) is 8.79. The van der Waals surface area contributed by atoms with Crippen molar-refractivity contribution in [2.24, 2.45) is 5.84 Å². The van der Waals surface area contributed by atoms with E-state index >= 15 is 0 Å². The van der Waals surface area contributed by atoms with Crippen LogP contribution in [-0.4, -0.2) is 47.0 Å². The Kier molecular flexibility index (Phi) is 4.43. The number of carbonyl (C=O) groups excluding carboxylic acids is 1. The molecule has 0 bridgehead atoms. The Hall–Kier alpha value is -1.73. The van der Waals surface area contributed by atoms with Crippen molar-refractivity contribution in [3.05, 3.63) is 18.1 Å². The number of nitrogens with zero attached hydrogens (tertiary/aromatic N) is 3. The van der Waals surface area contributed by atoms with E-state index in [1.165, 1.54) is 25.2 Å². The minimum absolute atomic E-state index is 0.223. The maximum atomic E-state index is 11.8. The molecule has 4 N–H and O–H groups in total. The SMILES string of the molecule is NNc1cncc(C(=O)NCCN2CCCC2)n1. The van der Waals surface area contributed by atoms with E-state index in [9.17, 15) is 4.79 Å². The van der Waals surface area contributed by atoms with Gasteiger partial charge in [0.15, 0.2) is 5.82 Å². The van der Waals surface area contributed by atoms with Crippen molar-refractivity contribution in [3.8, 4) is 0 Å². The number of nitrogens with two attached hydrogens (primary N) is 1. The van der Waals surface area contributed by atoms with Crippen LogP contribution >= 0.6 is 0 Å². The van der Waals surface area contributed by atoms with Gasteiger partial charge in [0.05, 0.1) is 12.4 Å². The lowest BCUT2D eigenvalue weighted by atomic mass is 10.4. The van der Waals surface area contributed by atoms with E-state index in [2.05, 4.69) is 25.6 Å². The number of rotatable bonds is 5. The zero-order valence-electron chi connectivity index (χ0n) is 10.2. The molecule has 1 amide bonds. The molecule has 1 aromatic heterocycles. The summed E-state index contributed by atoms with van der Waals surface area (Å²) in [6, 6.07) is 0. The molecule has 1 aliphatic rings. The average Bonchev–Trinajstić information content (AvgIpc) is 2.92. The summed E-state index contributed by atoms with van der Waals surface area (Å²) < 4.78 is 0. The number of anilines is 1. The number of nitrogens with one attached hydrogen (secondary N) is 2. The first-order valence-corrected chi connectivity index (χ1v) is 6.09. The van der Waals surface area contributed by atoms with Gasteiger partial charge in [-0.2, -0.15) is 0 Å². The molecular formula is C11H18N6O. The number of hydrogen-bond donors (Lipinski definition) is 3. The van der Waals surface area contributed by atoms with E-state index in [4.69, 9.17) is 5.84 Å². The zero-order chi connectivity index (χ0) is 12.8. The summed E-state index contributed by atoms with van der Waals surface area (Å²) in [5.41, 5.74) is 2.63. The Labute approximate surface area is 106 Å². The maximum absolute atomic E-state index is 11.8.